The van der Waals surface area contributed by atoms with E-state index in [9.17, 15) is 0 Å². The Bertz CT molecular complexity index is 894. The average Bonchev–Trinajstić information content (AvgIpc) is 3.16. The maximum absolute atomic E-state index is 4.33. The average molecular weight is 329 g/mol. The summed E-state index contributed by atoms with van der Waals surface area (Å²) in [5.74, 6) is 1.14. The zero-order valence-electron chi connectivity index (χ0n) is 13.8. The number of rotatable bonds is 6. The molecule has 0 aliphatic carbocycles. The number of nitrogens with zero attached hydrogens (tertiary/aromatic N) is 3. The van der Waals surface area contributed by atoms with E-state index < -0.39 is 0 Å². The van der Waals surface area contributed by atoms with Crippen molar-refractivity contribution < 1.29 is 0 Å². The van der Waals surface area contributed by atoms with Crippen LogP contribution in [0.2, 0.25) is 0 Å². The number of aromatic amines is 1. The second kappa shape index (κ2) is 7.13. The first kappa shape index (κ1) is 15.3. The molecule has 124 valence electrons. The highest BCUT2D eigenvalue weighted by atomic mass is 15.1. The molecule has 2 aromatic heterocycles. The minimum atomic E-state index is 0.342. The van der Waals surface area contributed by atoms with Crippen molar-refractivity contribution in [3.05, 3.63) is 84.4 Å². The summed E-state index contributed by atoms with van der Waals surface area (Å²) in [7, 11) is 0. The van der Waals surface area contributed by atoms with E-state index in [1.807, 2.05) is 0 Å². The van der Waals surface area contributed by atoms with Gasteiger partial charge in [-0.2, -0.15) is 0 Å². The van der Waals surface area contributed by atoms with Crippen molar-refractivity contribution in [3.63, 3.8) is 0 Å². The Kier molecular flexibility index (Phi) is 4.37. The van der Waals surface area contributed by atoms with Gasteiger partial charge in [0.25, 0.3) is 0 Å². The minimum absolute atomic E-state index is 0.342. The number of imidazole rings is 1. The highest BCUT2D eigenvalue weighted by Crippen LogP contribution is 2.28. The van der Waals surface area contributed by atoms with Crippen LogP contribution < -0.4 is 5.32 Å². The van der Waals surface area contributed by atoms with Gasteiger partial charge in [-0.05, 0) is 17.5 Å². The quantitative estimate of drug-likeness (QED) is 0.561. The van der Waals surface area contributed by atoms with Crippen LogP contribution in [0.5, 0.6) is 0 Å². The van der Waals surface area contributed by atoms with Gasteiger partial charge in [0.2, 0.25) is 0 Å². The standard InChI is InChI=1S/C20H19N5/c1-3-7-15(8-4-1)17(16-9-5-2-6-10-16)11-12-21-19-18-20(23-13-22-18)25-14-24-19/h1-10,13-14,17H,11-12H2,(H2,21,22,23,24,25). The molecule has 2 aromatic carbocycles. The van der Waals surface area contributed by atoms with Crippen LogP contribution in [0.25, 0.3) is 11.2 Å². The third kappa shape index (κ3) is 3.35. The lowest BCUT2D eigenvalue weighted by Crippen LogP contribution is -2.10. The maximum Gasteiger partial charge on any atom is 0.182 e. The molecule has 2 N–H and O–H groups in total. The number of anilines is 1. The van der Waals surface area contributed by atoms with E-state index in [4.69, 9.17) is 0 Å². The van der Waals surface area contributed by atoms with E-state index in [0.29, 0.717) is 11.6 Å². The van der Waals surface area contributed by atoms with Crippen LogP contribution in [-0.4, -0.2) is 26.5 Å². The van der Waals surface area contributed by atoms with Gasteiger partial charge in [0, 0.05) is 12.5 Å². The van der Waals surface area contributed by atoms with Crippen LogP contribution in [-0.2, 0) is 0 Å². The highest BCUT2D eigenvalue weighted by molar-refractivity contribution is 5.81. The zero-order chi connectivity index (χ0) is 16.9. The molecule has 4 rings (SSSR count). The number of fused-ring (bicyclic) bond motifs is 1. The van der Waals surface area contributed by atoms with Crippen LogP contribution in [0, 0.1) is 0 Å². The maximum atomic E-state index is 4.33. The van der Waals surface area contributed by atoms with Gasteiger partial charge < -0.3 is 10.3 Å². The number of benzene rings is 2. The summed E-state index contributed by atoms with van der Waals surface area (Å²) < 4.78 is 0. The summed E-state index contributed by atoms with van der Waals surface area (Å²) in [6, 6.07) is 21.2. The van der Waals surface area contributed by atoms with Crippen molar-refractivity contribution in [1.82, 2.24) is 19.9 Å². The van der Waals surface area contributed by atoms with Crippen molar-refractivity contribution in [2.24, 2.45) is 0 Å². The Morgan fingerprint density at radius 1 is 0.840 bits per heavy atom. The molecule has 0 radical (unpaired) electrons. The molecular formula is C20H19N5. The lowest BCUT2D eigenvalue weighted by molar-refractivity contribution is 0.743. The third-order valence-electron chi connectivity index (χ3n) is 4.35. The first-order chi connectivity index (χ1) is 12.4. The molecular weight excluding hydrogens is 310 g/mol. The van der Waals surface area contributed by atoms with E-state index >= 15 is 0 Å². The molecule has 2 heterocycles. The van der Waals surface area contributed by atoms with Gasteiger partial charge in [0.1, 0.15) is 11.8 Å². The second-order valence-electron chi connectivity index (χ2n) is 5.91. The second-order valence-corrected chi connectivity index (χ2v) is 5.91. The van der Waals surface area contributed by atoms with Gasteiger partial charge >= 0.3 is 0 Å². The fourth-order valence-electron chi connectivity index (χ4n) is 3.13. The van der Waals surface area contributed by atoms with E-state index in [0.717, 1.165) is 24.3 Å². The smallest absolute Gasteiger partial charge is 0.182 e. The Balaban J connectivity index is 1.53. The normalized spacial score (nSPS) is 11.1. The third-order valence-corrected chi connectivity index (χ3v) is 4.35. The monoisotopic (exact) mass is 329 g/mol. The molecule has 5 heteroatoms. The van der Waals surface area contributed by atoms with E-state index in [2.05, 4.69) is 85.9 Å². The lowest BCUT2D eigenvalue weighted by Gasteiger charge is -2.18. The summed E-state index contributed by atoms with van der Waals surface area (Å²) in [5, 5.41) is 3.42. The number of hydrogen-bond acceptors (Lipinski definition) is 4. The van der Waals surface area contributed by atoms with Crippen molar-refractivity contribution in [1.29, 1.82) is 0 Å². The summed E-state index contributed by atoms with van der Waals surface area (Å²) in [5.41, 5.74) is 4.17. The summed E-state index contributed by atoms with van der Waals surface area (Å²) in [6.45, 7) is 0.805. The van der Waals surface area contributed by atoms with Crippen molar-refractivity contribution in [2.45, 2.75) is 12.3 Å². The molecule has 0 unspecified atom stereocenters. The SMILES string of the molecule is c1ccc(C(CCNc2ncnc3nc[nH]c23)c2ccccc2)cc1. The first-order valence-corrected chi connectivity index (χ1v) is 8.39. The Labute approximate surface area is 146 Å². The predicted octanol–water partition coefficient (Wildman–Crippen LogP) is 3.99. The van der Waals surface area contributed by atoms with Crippen LogP contribution in [0.15, 0.2) is 73.3 Å². The fourth-order valence-corrected chi connectivity index (χ4v) is 3.13. The van der Waals surface area contributed by atoms with E-state index in [-0.39, 0.29) is 0 Å². The predicted molar refractivity (Wildman–Crippen MR) is 99.5 cm³/mol. The lowest BCUT2D eigenvalue weighted by atomic mass is 9.88. The van der Waals surface area contributed by atoms with Crippen LogP contribution in [0.1, 0.15) is 23.5 Å². The highest BCUT2D eigenvalue weighted by Gasteiger charge is 2.14. The Hall–Kier alpha value is -3.21. The molecule has 0 fully saturated rings. The molecule has 0 atom stereocenters. The van der Waals surface area contributed by atoms with Crippen LogP contribution in [0.3, 0.4) is 0 Å². The van der Waals surface area contributed by atoms with Crippen molar-refractivity contribution in [2.75, 3.05) is 11.9 Å². The molecule has 5 nitrogen and oxygen atoms in total. The summed E-state index contributed by atoms with van der Waals surface area (Å²) in [4.78, 5) is 15.7. The Morgan fingerprint density at radius 2 is 1.52 bits per heavy atom. The van der Waals surface area contributed by atoms with E-state index in [1.54, 1.807) is 6.33 Å². The molecule has 0 saturated carbocycles. The van der Waals surface area contributed by atoms with Gasteiger partial charge in [0.05, 0.1) is 6.33 Å². The summed E-state index contributed by atoms with van der Waals surface area (Å²) in [6.07, 6.45) is 4.15. The number of nitrogens with one attached hydrogen (secondary N) is 2. The largest absolute Gasteiger partial charge is 0.368 e. The van der Waals surface area contributed by atoms with Gasteiger partial charge in [-0.3, -0.25) is 0 Å². The van der Waals surface area contributed by atoms with Gasteiger partial charge in [-0.25, -0.2) is 15.0 Å². The first-order valence-electron chi connectivity index (χ1n) is 8.39. The van der Waals surface area contributed by atoms with Crippen molar-refractivity contribution >= 4 is 17.0 Å². The molecule has 0 spiro atoms. The zero-order valence-corrected chi connectivity index (χ0v) is 13.8. The van der Waals surface area contributed by atoms with Crippen LogP contribution >= 0.6 is 0 Å². The van der Waals surface area contributed by atoms with Gasteiger partial charge in [-0.15, -0.1) is 0 Å². The summed E-state index contributed by atoms with van der Waals surface area (Å²) >= 11 is 0. The molecule has 0 bridgehead atoms. The molecule has 0 saturated heterocycles. The minimum Gasteiger partial charge on any atom is -0.368 e. The number of aromatic nitrogens is 4. The molecule has 0 aliphatic heterocycles. The Morgan fingerprint density at radius 3 is 2.20 bits per heavy atom. The van der Waals surface area contributed by atoms with E-state index in [1.165, 1.54) is 17.5 Å². The fraction of sp³-hybridized carbons (Fsp3) is 0.150. The molecule has 4 aromatic rings. The number of hydrogen-bond donors (Lipinski definition) is 2. The van der Waals surface area contributed by atoms with Crippen LogP contribution in [0.4, 0.5) is 5.82 Å². The molecule has 0 aliphatic rings. The van der Waals surface area contributed by atoms with Gasteiger partial charge in [-0.1, -0.05) is 60.7 Å². The molecule has 25 heavy (non-hydrogen) atoms. The van der Waals surface area contributed by atoms with Gasteiger partial charge in [0.15, 0.2) is 11.5 Å². The van der Waals surface area contributed by atoms with Crippen molar-refractivity contribution in [3.8, 4) is 0 Å². The number of H-pyrrole nitrogens is 1. The molecule has 0 amide bonds. The topological polar surface area (TPSA) is 66.5 Å².